The molecule has 0 saturated carbocycles. The SMILES string of the molecule is O=[N+]([O-])c1cc(N=Nc2ccc(S(=O)(=O)CCO)cc2)c2ccccc2c1O. The number of phenolic OH excluding ortho intramolecular Hbond substituents is 1. The first-order valence-electron chi connectivity index (χ1n) is 8.08. The second-order valence-electron chi connectivity index (χ2n) is 5.80. The van der Waals surface area contributed by atoms with Crippen LogP contribution in [0.2, 0.25) is 0 Å². The predicted molar refractivity (Wildman–Crippen MR) is 102 cm³/mol. The first kappa shape index (κ1) is 19.4. The summed E-state index contributed by atoms with van der Waals surface area (Å²) in [5, 5.41) is 38.9. The Morgan fingerprint density at radius 2 is 1.64 bits per heavy atom. The molecule has 0 aliphatic heterocycles. The zero-order valence-electron chi connectivity index (χ0n) is 14.4. The molecular weight excluding hydrogens is 386 g/mol. The molecule has 28 heavy (non-hydrogen) atoms. The predicted octanol–water partition coefficient (Wildman–Crippen LogP) is 3.64. The Hall–Kier alpha value is -3.37. The molecule has 9 nitrogen and oxygen atoms in total. The minimum absolute atomic E-state index is 0.0474. The molecule has 0 atom stereocenters. The zero-order chi connectivity index (χ0) is 20.3. The van der Waals surface area contributed by atoms with E-state index in [1.165, 1.54) is 30.3 Å². The van der Waals surface area contributed by atoms with Crippen molar-refractivity contribution in [1.82, 2.24) is 0 Å². The van der Waals surface area contributed by atoms with Crippen LogP contribution in [0.4, 0.5) is 17.1 Å². The number of fused-ring (bicyclic) bond motifs is 1. The van der Waals surface area contributed by atoms with Gasteiger partial charge in [0.1, 0.15) is 5.69 Å². The van der Waals surface area contributed by atoms with Gasteiger partial charge in [-0.05, 0) is 24.3 Å². The second-order valence-corrected chi connectivity index (χ2v) is 7.91. The molecule has 0 amide bonds. The van der Waals surface area contributed by atoms with Gasteiger partial charge in [0, 0.05) is 16.8 Å². The maximum absolute atomic E-state index is 11.9. The number of nitrogens with zero attached hydrogens (tertiary/aromatic N) is 3. The van der Waals surface area contributed by atoms with Gasteiger partial charge in [0.15, 0.2) is 9.84 Å². The quantitative estimate of drug-likeness (QED) is 0.367. The van der Waals surface area contributed by atoms with E-state index in [9.17, 15) is 23.6 Å². The summed E-state index contributed by atoms with van der Waals surface area (Å²) in [5.74, 6) is -0.824. The molecule has 0 bridgehead atoms. The van der Waals surface area contributed by atoms with Crippen LogP contribution >= 0.6 is 0 Å². The number of nitro groups is 1. The molecule has 10 heteroatoms. The third kappa shape index (κ3) is 3.82. The summed E-state index contributed by atoms with van der Waals surface area (Å²) < 4.78 is 23.8. The number of rotatable bonds is 6. The van der Waals surface area contributed by atoms with E-state index >= 15 is 0 Å². The van der Waals surface area contributed by atoms with Crippen LogP contribution in [-0.2, 0) is 9.84 Å². The molecular formula is C18H15N3O6S. The second kappa shape index (κ2) is 7.71. The molecule has 0 aliphatic carbocycles. The average Bonchev–Trinajstić information content (AvgIpc) is 2.67. The van der Waals surface area contributed by atoms with E-state index < -0.39 is 32.8 Å². The number of benzene rings is 3. The summed E-state index contributed by atoms with van der Waals surface area (Å²) in [6.07, 6.45) is 0. The summed E-state index contributed by atoms with van der Waals surface area (Å²) in [7, 11) is -3.57. The Kier molecular flexibility index (Phi) is 5.34. The number of aromatic hydroxyl groups is 1. The Morgan fingerprint density at radius 3 is 2.25 bits per heavy atom. The van der Waals surface area contributed by atoms with Crippen molar-refractivity contribution in [2.75, 3.05) is 12.4 Å². The molecule has 0 aromatic heterocycles. The van der Waals surface area contributed by atoms with Crippen molar-refractivity contribution in [3.63, 3.8) is 0 Å². The van der Waals surface area contributed by atoms with Crippen LogP contribution in [0, 0.1) is 10.1 Å². The van der Waals surface area contributed by atoms with Gasteiger partial charge < -0.3 is 10.2 Å². The summed E-state index contributed by atoms with van der Waals surface area (Å²) in [5.41, 5.74) is 0.0398. The van der Waals surface area contributed by atoms with Gasteiger partial charge in [0.2, 0.25) is 5.75 Å². The van der Waals surface area contributed by atoms with Crippen LogP contribution in [0.3, 0.4) is 0 Å². The molecule has 2 N–H and O–H groups in total. The van der Waals surface area contributed by atoms with E-state index in [0.29, 0.717) is 11.1 Å². The van der Waals surface area contributed by atoms with Crippen molar-refractivity contribution in [3.05, 3.63) is 64.7 Å². The molecule has 3 aromatic rings. The summed E-state index contributed by atoms with van der Waals surface area (Å²) >= 11 is 0. The van der Waals surface area contributed by atoms with Gasteiger partial charge >= 0.3 is 5.69 Å². The molecule has 3 rings (SSSR count). The Bertz CT molecular complexity index is 1170. The van der Waals surface area contributed by atoms with E-state index in [0.717, 1.165) is 6.07 Å². The normalized spacial score (nSPS) is 11.9. The highest BCUT2D eigenvalue weighted by Crippen LogP contribution is 2.40. The number of hydrogen-bond donors (Lipinski definition) is 2. The van der Waals surface area contributed by atoms with Crippen molar-refractivity contribution in [1.29, 1.82) is 0 Å². The average molecular weight is 401 g/mol. The van der Waals surface area contributed by atoms with Crippen LogP contribution in [0.1, 0.15) is 0 Å². The molecule has 0 aliphatic rings. The number of sulfone groups is 1. The lowest BCUT2D eigenvalue weighted by atomic mass is 10.1. The van der Waals surface area contributed by atoms with Crippen molar-refractivity contribution < 1.29 is 23.6 Å². The van der Waals surface area contributed by atoms with Gasteiger partial charge in [-0.1, -0.05) is 24.3 Å². The van der Waals surface area contributed by atoms with E-state index in [4.69, 9.17) is 5.11 Å². The number of azo groups is 1. The largest absolute Gasteiger partial charge is 0.502 e. The zero-order valence-corrected chi connectivity index (χ0v) is 15.2. The van der Waals surface area contributed by atoms with Crippen LogP contribution in [-0.4, -0.2) is 35.9 Å². The van der Waals surface area contributed by atoms with Crippen molar-refractivity contribution in [3.8, 4) is 5.75 Å². The van der Waals surface area contributed by atoms with Crippen LogP contribution < -0.4 is 0 Å². The van der Waals surface area contributed by atoms with Crippen molar-refractivity contribution >= 4 is 37.7 Å². The standard InChI is InChI=1S/C18H15N3O6S/c22-9-10-28(26,27)13-7-5-12(6-8-13)19-20-16-11-17(21(24)25)18(23)15-4-2-1-3-14(15)16/h1-8,11,22-23H,9-10H2. The molecule has 0 fully saturated rings. The van der Waals surface area contributed by atoms with Gasteiger partial charge in [-0.3, -0.25) is 10.1 Å². The first-order chi connectivity index (χ1) is 13.3. The topological polar surface area (TPSA) is 142 Å². The highest BCUT2D eigenvalue weighted by molar-refractivity contribution is 7.91. The number of nitro benzene ring substituents is 1. The number of phenols is 1. The van der Waals surface area contributed by atoms with Crippen LogP contribution in [0.15, 0.2) is 69.7 Å². The fourth-order valence-electron chi connectivity index (χ4n) is 2.62. The molecule has 3 aromatic carbocycles. The van der Waals surface area contributed by atoms with Crippen LogP contribution in [0.25, 0.3) is 10.8 Å². The molecule has 0 spiro atoms. The summed E-state index contributed by atoms with van der Waals surface area (Å²) in [6.45, 7) is -0.476. The van der Waals surface area contributed by atoms with E-state index in [1.54, 1.807) is 18.2 Å². The van der Waals surface area contributed by atoms with E-state index in [-0.39, 0.29) is 21.7 Å². The van der Waals surface area contributed by atoms with Gasteiger partial charge in [-0.15, -0.1) is 5.11 Å². The minimum atomic E-state index is -3.57. The number of aliphatic hydroxyl groups is 1. The Labute approximate surface area is 159 Å². The molecule has 0 heterocycles. The first-order valence-corrected chi connectivity index (χ1v) is 9.73. The third-order valence-corrected chi connectivity index (χ3v) is 5.71. The van der Waals surface area contributed by atoms with Crippen molar-refractivity contribution in [2.45, 2.75) is 4.90 Å². The lowest BCUT2D eigenvalue weighted by molar-refractivity contribution is -0.385. The third-order valence-electron chi connectivity index (χ3n) is 4.00. The smallest absolute Gasteiger partial charge is 0.313 e. The van der Waals surface area contributed by atoms with Gasteiger partial charge in [0.05, 0.1) is 27.9 Å². The van der Waals surface area contributed by atoms with Crippen LogP contribution in [0.5, 0.6) is 5.75 Å². The molecule has 0 unspecified atom stereocenters. The van der Waals surface area contributed by atoms with E-state index in [2.05, 4.69) is 10.2 Å². The Morgan fingerprint density at radius 1 is 1.00 bits per heavy atom. The van der Waals surface area contributed by atoms with Gasteiger partial charge in [-0.2, -0.15) is 5.11 Å². The van der Waals surface area contributed by atoms with Gasteiger partial charge in [0.25, 0.3) is 0 Å². The molecule has 0 radical (unpaired) electrons. The minimum Gasteiger partial charge on any atom is -0.502 e. The maximum atomic E-state index is 11.9. The van der Waals surface area contributed by atoms with Gasteiger partial charge in [-0.25, -0.2) is 8.42 Å². The summed E-state index contributed by atoms with van der Waals surface area (Å²) in [4.78, 5) is 10.5. The molecule has 0 saturated heterocycles. The summed E-state index contributed by atoms with van der Waals surface area (Å²) in [6, 6.07) is 13.2. The maximum Gasteiger partial charge on any atom is 0.313 e. The fraction of sp³-hybridized carbons (Fsp3) is 0.111. The lowest BCUT2D eigenvalue weighted by Gasteiger charge is -2.05. The highest BCUT2D eigenvalue weighted by atomic mass is 32.2. The number of aliphatic hydroxyl groups excluding tert-OH is 1. The monoisotopic (exact) mass is 401 g/mol. The fourth-order valence-corrected chi connectivity index (χ4v) is 3.65. The van der Waals surface area contributed by atoms with Crippen molar-refractivity contribution in [2.24, 2.45) is 10.2 Å². The molecule has 144 valence electrons. The Balaban J connectivity index is 2.00. The number of hydrogen-bond acceptors (Lipinski definition) is 8. The lowest BCUT2D eigenvalue weighted by Crippen LogP contribution is -2.09. The highest BCUT2D eigenvalue weighted by Gasteiger charge is 2.19. The van der Waals surface area contributed by atoms with E-state index in [1.807, 2.05) is 0 Å².